The molecule has 2 aromatic carbocycles. The van der Waals surface area contributed by atoms with E-state index in [1.54, 1.807) is 51.5 Å². The van der Waals surface area contributed by atoms with Crippen molar-refractivity contribution in [2.24, 2.45) is 0 Å². The summed E-state index contributed by atoms with van der Waals surface area (Å²) in [7, 11) is 4.77. The fourth-order valence-electron chi connectivity index (χ4n) is 2.27. The van der Waals surface area contributed by atoms with E-state index in [-0.39, 0.29) is 11.5 Å². The number of carbonyl (C=O) groups excluding carboxylic acids is 2. The number of amides is 1. The quantitative estimate of drug-likeness (QED) is 0.802. The van der Waals surface area contributed by atoms with Crippen molar-refractivity contribution in [1.29, 1.82) is 0 Å². The van der Waals surface area contributed by atoms with Gasteiger partial charge in [-0.05, 0) is 35.9 Å². The number of nitrogens with zero attached hydrogens (tertiary/aromatic N) is 1. The molecule has 1 heterocycles. The van der Waals surface area contributed by atoms with Gasteiger partial charge >= 0.3 is 6.09 Å². The van der Waals surface area contributed by atoms with Crippen LogP contribution in [0.3, 0.4) is 0 Å². The number of ketones is 1. The third-order valence-corrected chi connectivity index (χ3v) is 3.63. The molecule has 6 heteroatoms. The zero-order valence-corrected chi connectivity index (χ0v) is 14.1. The molecule has 0 radical (unpaired) electrons. The first-order valence-corrected chi connectivity index (χ1v) is 7.59. The van der Waals surface area contributed by atoms with Crippen LogP contribution < -0.4 is 14.2 Å². The van der Waals surface area contributed by atoms with Crippen molar-refractivity contribution in [3.63, 3.8) is 0 Å². The fourth-order valence-corrected chi connectivity index (χ4v) is 2.27. The minimum atomic E-state index is -0.502. The van der Waals surface area contributed by atoms with Crippen LogP contribution in [0.1, 0.15) is 15.9 Å². The Labute approximate surface area is 145 Å². The van der Waals surface area contributed by atoms with E-state index in [0.29, 0.717) is 17.1 Å². The lowest BCUT2D eigenvalue weighted by Crippen LogP contribution is -2.25. The van der Waals surface area contributed by atoms with Crippen LogP contribution in [0.4, 0.5) is 4.79 Å². The lowest BCUT2D eigenvalue weighted by Gasteiger charge is -2.10. The number of fused-ring (bicyclic) bond motifs is 1. The second-order valence-electron chi connectivity index (χ2n) is 5.63. The van der Waals surface area contributed by atoms with Crippen LogP contribution in [0.25, 0.3) is 6.08 Å². The van der Waals surface area contributed by atoms with E-state index in [4.69, 9.17) is 14.2 Å². The van der Waals surface area contributed by atoms with Gasteiger partial charge in [-0.2, -0.15) is 0 Å². The van der Waals surface area contributed by atoms with Gasteiger partial charge in [0, 0.05) is 20.2 Å². The first kappa shape index (κ1) is 16.6. The topological polar surface area (TPSA) is 65.1 Å². The Morgan fingerprint density at radius 3 is 2.40 bits per heavy atom. The molecule has 0 aromatic heterocycles. The van der Waals surface area contributed by atoms with Crippen LogP contribution in [0.5, 0.6) is 17.2 Å². The summed E-state index contributed by atoms with van der Waals surface area (Å²) in [6, 6.07) is 12.0. The van der Waals surface area contributed by atoms with E-state index in [1.165, 1.54) is 11.0 Å². The normalized spacial score (nSPS) is 14.0. The average molecular weight is 339 g/mol. The summed E-state index contributed by atoms with van der Waals surface area (Å²) < 4.78 is 15.9. The summed E-state index contributed by atoms with van der Waals surface area (Å²) in [5.41, 5.74) is 1.25. The Kier molecular flexibility index (Phi) is 4.43. The summed E-state index contributed by atoms with van der Waals surface area (Å²) in [6.45, 7) is 0. The molecule has 0 aliphatic carbocycles. The molecule has 0 atom stereocenters. The molecule has 0 fully saturated rings. The van der Waals surface area contributed by atoms with Crippen molar-refractivity contribution in [2.45, 2.75) is 0 Å². The summed E-state index contributed by atoms with van der Waals surface area (Å²) in [6.07, 6.45) is 1.16. The van der Waals surface area contributed by atoms with Gasteiger partial charge in [-0.25, -0.2) is 4.79 Å². The van der Waals surface area contributed by atoms with Crippen molar-refractivity contribution in [3.8, 4) is 17.2 Å². The summed E-state index contributed by atoms with van der Waals surface area (Å²) in [5.74, 6) is 1.42. The molecule has 3 rings (SSSR count). The highest BCUT2D eigenvalue weighted by molar-refractivity contribution is 6.14. The van der Waals surface area contributed by atoms with E-state index in [1.807, 2.05) is 12.1 Å². The van der Waals surface area contributed by atoms with Crippen molar-refractivity contribution in [3.05, 3.63) is 59.4 Å². The molecule has 0 N–H and O–H groups in total. The molecule has 1 aliphatic rings. The third-order valence-electron chi connectivity index (χ3n) is 3.63. The number of allylic oxidation sites excluding steroid dienone is 1. The predicted molar refractivity (Wildman–Crippen MR) is 92.1 cm³/mol. The first-order valence-electron chi connectivity index (χ1n) is 7.59. The van der Waals surface area contributed by atoms with E-state index in [9.17, 15) is 9.59 Å². The van der Waals surface area contributed by atoms with Crippen molar-refractivity contribution in [1.82, 2.24) is 4.90 Å². The lowest BCUT2D eigenvalue weighted by molar-refractivity contribution is 0.101. The molecule has 0 saturated carbocycles. The summed E-state index contributed by atoms with van der Waals surface area (Å²) >= 11 is 0. The minimum absolute atomic E-state index is 0.212. The number of hydrogen-bond acceptors (Lipinski definition) is 5. The van der Waals surface area contributed by atoms with Gasteiger partial charge in [0.25, 0.3) is 0 Å². The second-order valence-corrected chi connectivity index (χ2v) is 5.63. The van der Waals surface area contributed by atoms with E-state index >= 15 is 0 Å². The molecule has 0 bridgehead atoms. The number of rotatable bonds is 3. The van der Waals surface area contributed by atoms with Gasteiger partial charge in [0.1, 0.15) is 17.2 Å². The molecule has 1 amide bonds. The van der Waals surface area contributed by atoms with Gasteiger partial charge in [0.2, 0.25) is 5.78 Å². The maximum Gasteiger partial charge on any atom is 0.414 e. The smallest absolute Gasteiger partial charge is 0.414 e. The van der Waals surface area contributed by atoms with Crippen LogP contribution in [0.15, 0.2) is 48.2 Å². The molecule has 0 unspecified atom stereocenters. The molecule has 128 valence electrons. The average Bonchev–Trinajstić information content (AvgIpc) is 2.91. The van der Waals surface area contributed by atoms with Gasteiger partial charge in [0.15, 0.2) is 5.76 Å². The molecule has 25 heavy (non-hydrogen) atoms. The number of ether oxygens (including phenoxy) is 3. The second kappa shape index (κ2) is 6.68. The number of Topliss-reactive ketones (excluding diaryl/α,β-unsaturated/α-hetero) is 1. The van der Waals surface area contributed by atoms with Crippen LogP contribution in [-0.4, -0.2) is 38.0 Å². The Balaban J connectivity index is 1.82. The van der Waals surface area contributed by atoms with E-state index < -0.39 is 6.09 Å². The van der Waals surface area contributed by atoms with E-state index in [0.717, 1.165) is 11.3 Å². The Hall–Kier alpha value is -3.28. The highest BCUT2D eigenvalue weighted by Crippen LogP contribution is 2.35. The highest BCUT2D eigenvalue weighted by Gasteiger charge is 2.28. The van der Waals surface area contributed by atoms with Crippen LogP contribution in [0, 0.1) is 0 Å². The Bertz CT molecular complexity index is 853. The molecule has 2 aromatic rings. The summed E-state index contributed by atoms with van der Waals surface area (Å²) in [5, 5.41) is 0. The van der Waals surface area contributed by atoms with Gasteiger partial charge in [-0.3, -0.25) is 4.79 Å². The first-order chi connectivity index (χ1) is 12.0. The molecule has 0 saturated heterocycles. The predicted octanol–water partition coefficient (Wildman–Crippen LogP) is 3.37. The number of methoxy groups -OCH3 is 1. The van der Waals surface area contributed by atoms with Gasteiger partial charge < -0.3 is 19.1 Å². The lowest BCUT2D eigenvalue weighted by atomic mass is 10.1. The maximum atomic E-state index is 12.4. The van der Waals surface area contributed by atoms with Gasteiger partial charge in [-0.15, -0.1) is 0 Å². The minimum Gasteiger partial charge on any atom is -0.497 e. The maximum absolute atomic E-state index is 12.4. The summed E-state index contributed by atoms with van der Waals surface area (Å²) in [4.78, 5) is 25.4. The molecule has 1 aliphatic heterocycles. The largest absolute Gasteiger partial charge is 0.497 e. The zero-order chi connectivity index (χ0) is 18.0. The third kappa shape index (κ3) is 3.47. The van der Waals surface area contributed by atoms with E-state index in [2.05, 4.69) is 0 Å². The van der Waals surface area contributed by atoms with Crippen LogP contribution >= 0.6 is 0 Å². The highest BCUT2D eigenvalue weighted by atomic mass is 16.6. The SMILES string of the molecule is COc1ccc(/C=C2/Oc3cc(OC(=O)N(C)C)ccc3C2=O)cc1. The number of hydrogen-bond donors (Lipinski definition) is 0. The Morgan fingerprint density at radius 1 is 1.08 bits per heavy atom. The number of carbonyl (C=O) groups is 2. The molecular weight excluding hydrogens is 322 g/mol. The zero-order valence-electron chi connectivity index (χ0n) is 14.1. The van der Waals surface area contributed by atoms with Crippen molar-refractivity contribution < 1.29 is 23.8 Å². The Morgan fingerprint density at radius 2 is 1.76 bits per heavy atom. The number of benzene rings is 2. The molecule has 0 spiro atoms. The van der Waals surface area contributed by atoms with Gasteiger partial charge in [0.05, 0.1) is 12.7 Å². The van der Waals surface area contributed by atoms with Gasteiger partial charge in [-0.1, -0.05) is 12.1 Å². The van der Waals surface area contributed by atoms with Crippen molar-refractivity contribution in [2.75, 3.05) is 21.2 Å². The standard InChI is InChI=1S/C19H17NO5/c1-20(2)19(22)24-14-8-9-15-16(11-14)25-17(18(15)21)10-12-4-6-13(23-3)7-5-12/h4-11H,1-3H3/b17-10+. The fraction of sp³-hybridized carbons (Fsp3) is 0.158. The van der Waals surface area contributed by atoms with Crippen molar-refractivity contribution >= 4 is 18.0 Å². The van der Waals surface area contributed by atoms with Crippen LogP contribution in [-0.2, 0) is 0 Å². The monoisotopic (exact) mass is 339 g/mol. The van der Waals surface area contributed by atoms with Crippen LogP contribution in [0.2, 0.25) is 0 Å². The molecular formula is C19H17NO5. The molecule has 6 nitrogen and oxygen atoms in total.